The average Bonchev–Trinajstić information content (AvgIpc) is 2.74. The van der Waals surface area contributed by atoms with E-state index in [1.54, 1.807) is 20.3 Å². The van der Waals surface area contributed by atoms with E-state index in [0.717, 1.165) is 22.6 Å². The third-order valence-corrected chi connectivity index (χ3v) is 4.53. The topological polar surface area (TPSA) is 48.7 Å². The average molecular weight is 358 g/mol. The van der Waals surface area contributed by atoms with E-state index in [-0.39, 0.29) is 5.43 Å². The smallest absolute Gasteiger partial charge is 0.201 e. The number of ether oxygens (including phenoxy) is 2. The number of rotatable bonds is 4. The van der Waals surface area contributed by atoms with Gasteiger partial charge in [0.2, 0.25) is 5.43 Å². The van der Waals surface area contributed by atoms with Crippen molar-refractivity contribution in [1.82, 2.24) is 0 Å². The van der Waals surface area contributed by atoms with Crippen molar-refractivity contribution in [3.63, 3.8) is 0 Å². The zero-order valence-corrected chi connectivity index (χ0v) is 15.1. The molecule has 0 spiro atoms. The minimum Gasteiger partial charge on any atom is -0.497 e. The van der Waals surface area contributed by atoms with Crippen LogP contribution in [-0.2, 0) is 0 Å². The Kier molecular flexibility index (Phi) is 4.38. The Morgan fingerprint density at radius 1 is 0.704 bits per heavy atom. The molecule has 0 radical (unpaired) electrons. The molecule has 0 aliphatic heterocycles. The molecule has 4 rings (SSSR count). The Balaban J connectivity index is 2.01. The molecule has 1 heterocycles. The first kappa shape index (κ1) is 16.9. The Hall–Kier alpha value is -3.53. The van der Waals surface area contributed by atoms with Gasteiger partial charge in [-0.2, -0.15) is 0 Å². The van der Waals surface area contributed by atoms with E-state index in [9.17, 15) is 4.79 Å². The quantitative estimate of drug-likeness (QED) is 0.506. The van der Waals surface area contributed by atoms with Crippen molar-refractivity contribution < 1.29 is 13.9 Å². The van der Waals surface area contributed by atoms with Gasteiger partial charge in [-0.25, -0.2) is 0 Å². The predicted octanol–water partition coefficient (Wildman–Crippen LogP) is 5.14. The van der Waals surface area contributed by atoms with Crippen molar-refractivity contribution in [1.29, 1.82) is 0 Å². The van der Waals surface area contributed by atoms with Crippen molar-refractivity contribution >= 4 is 11.0 Å². The van der Waals surface area contributed by atoms with Crippen LogP contribution in [0.15, 0.2) is 82.0 Å². The molecular formula is C23H18O4. The van der Waals surface area contributed by atoms with E-state index in [1.165, 1.54) is 0 Å². The van der Waals surface area contributed by atoms with Crippen molar-refractivity contribution in [3.8, 4) is 33.9 Å². The Labute approximate surface area is 156 Å². The first-order valence-electron chi connectivity index (χ1n) is 8.56. The minimum absolute atomic E-state index is 0.0622. The maximum atomic E-state index is 13.3. The Bertz CT molecular complexity index is 1140. The van der Waals surface area contributed by atoms with Crippen LogP contribution in [0, 0.1) is 0 Å². The van der Waals surface area contributed by atoms with Gasteiger partial charge in [-0.3, -0.25) is 4.79 Å². The van der Waals surface area contributed by atoms with Crippen LogP contribution in [0.25, 0.3) is 33.4 Å². The number of hydrogen-bond donors (Lipinski definition) is 0. The third-order valence-electron chi connectivity index (χ3n) is 4.53. The normalized spacial score (nSPS) is 10.7. The molecule has 3 aromatic carbocycles. The number of hydrogen-bond acceptors (Lipinski definition) is 4. The highest BCUT2D eigenvalue weighted by Gasteiger charge is 2.18. The van der Waals surface area contributed by atoms with Gasteiger partial charge in [0.25, 0.3) is 0 Å². The summed E-state index contributed by atoms with van der Waals surface area (Å²) in [4.78, 5) is 13.3. The molecule has 0 saturated heterocycles. The zero-order chi connectivity index (χ0) is 18.8. The molecule has 0 aliphatic rings. The second-order valence-corrected chi connectivity index (χ2v) is 6.09. The first-order chi connectivity index (χ1) is 13.2. The number of fused-ring (bicyclic) bond motifs is 1. The standard InChI is InChI=1S/C23H18O4/c1-25-17-11-7-15(8-12-17)21-22(24)19-5-3-4-6-20(19)27-23(21)16-9-13-18(26-2)14-10-16/h3-14H,1-2H3. The fourth-order valence-electron chi connectivity index (χ4n) is 3.11. The summed E-state index contributed by atoms with van der Waals surface area (Å²) in [5, 5.41) is 0.556. The van der Waals surface area contributed by atoms with Crippen molar-refractivity contribution in [2.75, 3.05) is 14.2 Å². The van der Waals surface area contributed by atoms with Crippen LogP contribution in [0.2, 0.25) is 0 Å². The van der Waals surface area contributed by atoms with Crippen LogP contribution >= 0.6 is 0 Å². The first-order valence-corrected chi connectivity index (χ1v) is 8.56. The molecule has 27 heavy (non-hydrogen) atoms. The van der Waals surface area contributed by atoms with E-state index in [1.807, 2.05) is 66.7 Å². The summed E-state index contributed by atoms with van der Waals surface area (Å²) >= 11 is 0. The second-order valence-electron chi connectivity index (χ2n) is 6.09. The molecule has 0 aliphatic carbocycles. The maximum Gasteiger partial charge on any atom is 0.201 e. The SMILES string of the molecule is COc1ccc(-c2oc3ccccc3c(=O)c2-c2ccc(OC)cc2)cc1. The monoisotopic (exact) mass is 358 g/mol. The fraction of sp³-hybridized carbons (Fsp3) is 0.0870. The molecule has 0 fully saturated rings. The van der Waals surface area contributed by atoms with E-state index >= 15 is 0 Å². The molecule has 4 nitrogen and oxygen atoms in total. The lowest BCUT2D eigenvalue weighted by Gasteiger charge is -2.11. The Morgan fingerprint density at radius 3 is 1.85 bits per heavy atom. The predicted molar refractivity (Wildman–Crippen MR) is 106 cm³/mol. The van der Waals surface area contributed by atoms with Crippen LogP contribution in [0.5, 0.6) is 11.5 Å². The van der Waals surface area contributed by atoms with Gasteiger partial charge in [-0.1, -0.05) is 24.3 Å². The highest BCUT2D eigenvalue weighted by atomic mass is 16.5. The lowest BCUT2D eigenvalue weighted by molar-refractivity contribution is 0.414. The summed E-state index contributed by atoms with van der Waals surface area (Å²) in [6, 6.07) is 22.2. The van der Waals surface area contributed by atoms with Gasteiger partial charge in [-0.15, -0.1) is 0 Å². The number of benzene rings is 3. The summed E-state index contributed by atoms with van der Waals surface area (Å²) in [6.45, 7) is 0. The van der Waals surface area contributed by atoms with Crippen molar-refractivity contribution in [3.05, 3.63) is 83.0 Å². The van der Waals surface area contributed by atoms with Crippen molar-refractivity contribution in [2.24, 2.45) is 0 Å². The van der Waals surface area contributed by atoms with E-state index < -0.39 is 0 Å². The fourth-order valence-corrected chi connectivity index (χ4v) is 3.11. The van der Waals surface area contributed by atoms with E-state index in [4.69, 9.17) is 13.9 Å². The van der Waals surface area contributed by atoms with E-state index in [0.29, 0.717) is 22.3 Å². The molecule has 0 bridgehead atoms. The maximum absolute atomic E-state index is 13.3. The molecule has 0 saturated carbocycles. The van der Waals surface area contributed by atoms with Gasteiger partial charge in [0.05, 0.1) is 25.2 Å². The molecule has 134 valence electrons. The molecule has 4 aromatic rings. The molecule has 0 N–H and O–H groups in total. The van der Waals surface area contributed by atoms with Gasteiger partial charge < -0.3 is 13.9 Å². The third kappa shape index (κ3) is 3.06. The largest absolute Gasteiger partial charge is 0.497 e. The summed E-state index contributed by atoms with van der Waals surface area (Å²) in [5.41, 5.74) is 2.62. The van der Waals surface area contributed by atoms with Crippen LogP contribution in [0.1, 0.15) is 0 Å². The zero-order valence-electron chi connectivity index (χ0n) is 15.1. The van der Waals surface area contributed by atoms with Gasteiger partial charge in [0.15, 0.2) is 0 Å². The molecule has 0 amide bonds. The van der Waals surface area contributed by atoms with Crippen LogP contribution in [-0.4, -0.2) is 14.2 Å². The van der Waals surface area contributed by atoms with Gasteiger partial charge >= 0.3 is 0 Å². The van der Waals surface area contributed by atoms with Crippen LogP contribution in [0.4, 0.5) is 0 Å². The second kappa shape index (κ2) is 7.00. The summed E-state index contributed by atoms with van der Waals surface area (Å²) in [5.74, 6) is 2.01. The lowest BCUT2D eigenvalue weighted by Crippen LogP contribution is -2.07. The van der Waals surface area contributed by atoms with Gasteiger partial charge in [-0.05, 0) is 54.1 Å². The van der Waals surface area contributed by atoms with Crippen LogP contribution < -0.4 is 14.9 Å². The minimum atomic E-state index is -0.0622. The Morgan fingerprint density at radius 2 is 1.26 bits per heavy atom. The molecule has 1 aromatic heterocycles. The van der Waals surface area contributed by atoms with E-state index in [2.05, 4.69) is 0 Å². The summed E-state index contributed by atoms with van der Waals surface area (Å²) in [7, 11) is 3.23. The number of methoxy groups -OCH3 is 2. The van der Waals surface area contributed by atoms with Crippen molar-refractivity contribution in [2.45, 2.75) is 0 Å². The highest BCUT2D eigenvalue weighted by molar-refractivity contribution is 5.89. The molecule has 4 heteroatoms. The highest BCUT2D eigenvalue weighted by Crippen LogP contribution is 2.34. The molecule has 0 atom stereocenters. The molecular weight excluding hydrogens is 340 g/mol. The summed E-state index contributed by atoms with van der Waals surface area (Å²) in [6.07, 6.45) is 0. The van der Waals surface area contributed by atoms with Gasteiger partial charge in [0.1, 0.15) is 22.8 Å². The summed E-state index contributed by atoms with van der Waals surface area (Å²) < 4.78 is 16.6. The number of para-hydroxylation sites is 1. The van der Waals surface area contributed by atoms with Gasteiger partial charge in [0, 0.05) is 5.56 Å². The van der Waals surface area contributed by atoms with Crippen LogP contribution in [0.3, 0.4) is 0 Å². The molecule has 0 unspecified atom stereocenters. The lowest BCUT2D eigenvalue weighted by atomic mass is 9.98.